The van der Waals surface area contributed by atoms with Crippen LogP contribution in [0.5, 0.6) is 0 Å². The van der Waals surface area contributed by atoms with Gasteiger partial charge in [0.25, 0.3) is 0 Å². The summed E-state index contributed by atoms with van der Waals surface area (Å²) in [5.74, 6) is -1.10. The Balaban J connectivity index is 1.96. The normalized spacial score (nSPS) is 19.5. The Kier molecular flexibility index (Phi) is 3.40. The maximum absolute atomic E-state index is 12.9. The Hall–Kier alpha value is -1.46. The van der Waals surface area contributed by atoms with Crippen molar-refractivity contribution in [1.82, 2.24) is 10.6 Å². The van der Waals surface area contributed by atoms with Crippen LogP contribution in [-0.2, 0) is 16.1 Å². The lowest BCUT2D eigenvalue weighted by molar-refractivity contribution is -0.125. The summed E-state index contributed by atoms with van der Waals surface area (Å²) in [5, 5.41) is 5.15. The molecule has 2 N–H and O–H groups in total. The third-order valence-corrected chi connectivity index (χ3v) is 2.79. The van der Waals surface area contributed by atoms with E-state index in [0.717, 1.165) is 5.56 Å². The molecule has 1 aromatic carbocycles. The van der Waals surface area contributed by atoms with Gasteiger partial charge in [0.15, 0.2) is 0 Å². The van der Waals surface area contributed by atoms with Crippen LogP contribution in [0, 0.1) is 5.82 Å². The van der Waals surface area contributed by atoms with Crippen LogP contribution in [0.2, 0.25) is 5.02 Å². The Morgan fingerprint density at radius 2 is 2.24 bits per heavy atom. The van der Waals surface area contributed by atoms with Crippen molar-refractivity contribution in [2.24, 2.45) is 0 Å². The first kappa shape index (κ1) is 12.0. The molecule has 1 aromatic rings. The van der Waals surface area contributed by atoms with E-state index in [0.29, 0.717) is 6.54 Å². The lowest BCUT2D eigenvalue weighted by atomic mass is 10.2. The van der Waals surface area contributed by atoms with E-state index in [1.165, 1.54) is 12.1 Å². The van der Waals surface area contributed by atoms with Crippen LogP contribution in [0.15, 0.2) is 18.2 Å². The molecule has 2 amide bonds. The standard InChI is InChI=1S/C11H10ClFN2O2/c12-7-3-6(1-2-8(7)13)5-14-9-4-10(16)15-11(9)17/h1-3,9,14H,4-5H2,(H,15,16,17). The molecule has 1 aliphatic rings. The number of nitrogens with one attached hydrogen (secondary N) is 2. The second-order valence-corrected chi connectivity index (χ2v) is 4.21. The summed E-state index contributed by atoms with van der Waals surface area (Å²) in [6, 6.07) is 3.80. The van der Waals surface area contributed by atoms with Crippen molar-refractivity contribution in [1.29, 1.82) is 0 Å². The minimum Gasteiger partial charge on any atom is -0.301 e. The summed E-state index contributed by atoms with van der Waals surface area (Å²) in [6.07, 6.45) is 0.133. The molecular formula is C11H10ClFN2O2. The third kappa shape index (κ3) is 2.81. The van der Waals surface area contributed by atoms with Gasteiger partial charge in [-0.2, -0.15) is 0 Å². The Morgan fingerprint density at radius 3 is 2.82 bits per heavy atom. The van der Waals surface area contributed by atoms with Crippen molar-refractivity contribution in [3.63, 3.8) is 0 Å². The highest BCUT2D eigenvalue weighted by Gasteiger charge is 2.29. The maximum Gasteiger partial charge on any atom is 0.244 e. The molecule has 0 bridgehead atoms. The first-order valence-electron chi connectivity index (χ1n) is 5.07. The molecule has 1 saturated heterocycles. The zero-order valence-electron chi connectivity index (χ0n) is 8.80. The van der Waals surface area contributed by atoms with E-state index in [1.54, 1.807) is 6.07 Å². The zero-order chi connectivity index (χ0) is 12.4. The molecule has 1 aliphatic heterocycles. The van der Waals surface area contributed by atoms with E-state index in [2.05, 4.69) is 10.6 Å². The van der Waals surface area contributed by atoms with Gasteiger partial charge in [-0.15, -0.1) is 0 Å². The lowest BCUT2D eigenvalue weighted by Crippen LogP contribution is -2.35. The third-order valence-electron chi connectivity index (χ3n) is 2.51. The van der Waals surface area contributed by atoms with Crippen LogP contribution in [0.25, 0.3) is 0 Å². The van der Waals surface area contributed by atoms with Gasteiger partial charge in [0.2, 0.25) is 11.8 Å². The topological polar surface area (TPSA) is 58.2 Å². The van der Waals surface area contributed by atoms with Gasteiger partial charge < -0.3 is 5.32 Å². The predicted octanol–water partition coefficient (Wildman–Crippen LogP) is 0.984. The minimum absolute atomic E-state index is 0.0382. The molecule has 0 aliphatic carbocycles. The second kappa shape index (κ2) is 4.81. The van der Waals surface area contributed by atoms with Crippen molar-refractivity contribution < 1.29 is 14.0 Å². The maximum atomic E-state index is 12.9. The van der Waals surface area contributed by atoms with E-state index >= 15 is 0 Å². The summed E-state index contributed by atoms with van der Waals surface area (Å²) in [5.41, 5.74) is 0.753. The fourth-order valence-electron chi connectivity index (χ4n) is 1.61. The summed E-state index contributed by atoms with van der Waals surface area (Å²) < 4.78 is 12.9. The van der Waals surface area contributed by atoms with Crippen LogP contribution in [-0.4, -0.2) is 17.9 Å². The largest absolute Gasteiger partial charge is 0.301 e. The van der Waals surface area contributed by atoms with Gasteiger partial charge in [0.05, 0.1) is 17.5 Å². The van der Waals surface area contributed by atoms with E-state index < -0.39 is 11.9 Å². The number of benzene rings is 1. The fourth-order valence-corrected chi connectivity index (χ4v) is 1.81. The second-order valence-electron chi connectivity index (χ2n) is 3.80. The molecule has 1 atom stereocenters. The van der Waals surface area contributed by atoms with Gasteiger partial charge in [0, 0.05) is 6.54 Å². The monoisotopic (exact) mass is 256 g/mol. The Labute approximate surface area is 102 Å². The Bertz CT molecular complexity index is 479. The van der Waals surface area contributed by atoms with Gasteiger partial charge in [-0.3, -0.25) is 14.9 Å². The number of carbonyl (C=O) groups excluding carboxylic acids is 2. The van der Waals surface area contributed by atoms with Crippen molar-refractivity contribution in [2.45, 2.75) is 19.0 Å². The molecule has 1 unspecified atom stereocenters. The summed E-state index contributed by atoms with van der Waals surface area (Å²) in [7, 11) is 0. The van der Waals surface area contributed by atoms with Crippen LogP contribution in [0.3, 0.4) is 0 Å². The summed E-state index contributed by atoms with van der Waals surface area (Å²) >= 11 is 5.62. The zero-order valence-corrected chi connectivity index (χ0v) is 9.55. The van der Waals surface area contributed by atoms with Gasteiger partial charge in [-0.1, -0.05) is 17.7 Å². The van der Waals surface area contributed by atoms with E-state index in [-0.39, 0.29) is 23.3 Å². The average molecular weight is 257 g/mol. The molecule has 0 spiro atoms. The Morgan fingerprint density at radius 1 is 1.47 bits per heavy atom. The molecule has 2 rings (SSSR count). The highest BCUT2D eigenvalue weighted by Crippen LogP contribution is 2.16. The van der Waals surface area contributed by atoms with Crippen molar-refractivity contribution in [3.05, 3.63) is 34.6 Å². The number of hydrogen-bond acceptors (Lipinski definition) is 3. The van der Waals surface area contributed by atoms with E-state index in [9.17, 15) is 14.0 Å². The molecule has 90 valence electrons. The molecule has 1 fully saturated rings. The summed E-state index contributed by atoms with van der Waals surface area (Å²) in [6.45, 7) is 0.353. The van der Waals surface area contributed by atoms with Crippen LogP contribution in [0.4, 0.5) is 4.39 Å². The van der Waals surface area contributed by atoms with Crippen molar-refractivity contribution in [3.8, 4) is 0 Å². The van der Waals surface area contributed by atoms with Crippen molar-refractivity contribution in [2.75, 3.05) is 0 Å². The number of hydrogen-bond donors (Lipinski definition) is 2. The van der Waals surface area contributed by atoms with Gasteiger partial charge >= 0.3 is 0 Å². The molecule has 0 aromatic heterocycles. The van der Waals surface area contributed by atoms with Gasteiger partial charge in [-0.25, -0.2) is 4.39 Å². The quantitative estimate of drug-likeness (QED) is 0.793. The first-order valence-corrected chi connectivity index (χ1v) is 5.45. The minimum atomic E-state index is -0.522. The first-order chi connectivity index (χ1) is 8.06. The van der Waals surface area contributed by atoms with E-state index in [1.807, 2.05) is 0 Å². The van der Waals surface area contributed by atoms with Gasteiger partial charge in [0.1, 0.15) is 5.82 Å². The molecule has 0 saturated carbocycles. The molecular weight excluding hydrogens is 247 g/mol. The number of amides is 2. The van der Waals surface area contributed by atoms with Crippen LogP contribution < -0.4 is 10.6 Å². The fraction of sp³-hybridized carbons (Fsp3) is 0.273. The number of carbonyl (C=O) groups is 2. The smallest absolute Gasteiger partial charge is 0.244 e. The molecule has 0 radical (unpaired) electrons. The van der Waals surface area contributed by atoms with Gasteiger partial charge in [-0.05, 0) is 17.7 Å². The van der Waals surface area contributed by atoms with Crippen LogP contribution >= 0.6 is 11.6 Å². The predicted molar refractivity (Wildman–Crippen MR) is 59.8 cm³/mol. The number of halogens is 2. The SMILES string of the molecule is O=C1CC(NCc2ccc(F)c(Cl)c2)C(=O)N1. The average Bonchev–Trinajstić information content (AvgIpc) is 2.59. The molecule has 6 heteroatoms. The van der Waals surface area contributed by atoms with Crippen molar-refractivity contribution >= 4 is 23.4 Å². The molecule has 4 nitrogen and oxygen atoms in total. The molecule has 1 heterocycles. The number of rotatable bonds is 3. The lowest BCUT2D eigenvalue weighted by Gasteiger charge is -2.09. The number of imide groups is 1. The highest BCUT2D eigenvalue weighted by atomic mass is 35.5. The summed E-state index contributed by atoms with van der Waals surface area (Å²) in [4.78, 5) is 22.2. The highest BCUT2D eigenvalue weighted by molar-refractivity contribution is 6.30. The van der Waals surface area contributed by atoms with Crippen LogP contribution in [0.1, 0.15) is 12.0 Å². The molecule has 17 heavy (non-hydrogen) atoms. The van der Waals surface area contributed by atoms with E-state index in [4.69, 9.17) is 11.6 Å².